The molecule has 0 spiro atoms. The van der Waals surface area contributed by atoms with Gasteiger partial charge in [-0.05, 0) is 55.1 Å². The van der Waals surface area contributed by atoms with E-state index in [-0.39, 0.29) is 0 Å². The van der Waals surface area contributed by atoms with Crippen molar-refractivity contribution in [2.24, 2.45) is 17.8 Å². The molecule has 1 aromatic carbocycles. The SMILES string of the molecule is CCC(Cc1cc(C)cc(CC(C)C)c1O)CC(C)C. The molecule has 0 amide bonds. The lowest BCUT2D eigenvalue weighted by atomic mass is 9.87. The number of aryl methyl sites for hydroxylation is 1. The Balaban J connectivity index is 2.96. The molecule has 1 unspecified atom stereocenters. The summed E-state index contributed by atoms with van der Waals surface area (Å²) >= 11 is 0. The van der Waals surface area contributed by atoms with Crippen LogP contribution in [-0.4, -0.2) is 5.11 Å². The summed E-state index contributed by atoms with van der Waals surface area (Å²) in [7, 11) is 0. The highest BCUT2D eigenvalue weighted by Crippen LogP contribution is 2.31. The highest BCUT2D eigenvalue weighted by atomic mass is 16.3. The largest absolute Gasteiger partial charge is 0.507 e. The Bertz CT molecular complexity index is 418. The second-order valence-electron chi connectivity index (χ2n) is 7.14. The smallest absolute Gasteiger partial charge is 0.121 e. The summed E-state index contributed by atoms with van der Waals surface area (Å²) in [5.41, 5.74) is 3.54. The summed E-state index contributed by atoms with van der Waals surface area (Å²) in [6.07, 6.45) is 4.39. The minimum absolute atomic E-state index is 0.548. The Morgan fingerprint density at radius 3 is 1.95 bits per heavy atom. The molecule has 114 valence electrons. The van der Waals surface area contributed by atoms with E-state index in [1.54, 1.807) is 0 Å². The summed E-state index contributed by atoms with van der Waals surface area (Å²) in [4.78, 5) is 0. The second-order valence-corrected chi connectivity index (χ2v) is 7.14. The van der Waals surface area contributed by atoms with Gasteiger partial charge in [0.05, 0.1) is 0 Å². The molecule has 1 aromatic rings. The van der Waals surface area contributed by atoms with Crippen LogP contribution in [0.1, 0.15) is 64.2 Å². The van der Waals surface area contributed by atoms with E-state index in [1.165, 1.54) is 18.4 Å². The average Bonchev–Trinajstić information content (AvgIpc) is 2.32. The fraction of sp³-hybridized carbons (Fsp3) is 0.684. The van der Waals surface area contributed by atoms with Gasteiger partial charge in [-0.1, -0.05) is 58.7 Å². The number of benzene rings is 1. The lowest BCUT2D eigenvalue weighted by molar-refractivity contribution is 0.386. The molecule has 1 N–H and O–H groups in total. The molecule has 0 aliphatic heterocycles. The third kappa shape index (κ3) is 5.19. The van der Waals surface area contributed by atoms with Crippen LogP contribution in [0, 0.1) is 24.7 Å². The fourth-order valence-electron chi connectivity index (χ4n) is 3.06. The molecule has 0 bridgehead atoms. The van der Waals surface area contributed by atoms with Gasteiger partial charge in [0.2, 0.25) is 0 Å². The molecule has 0 aliphatic rings. The highest BCUT2D eigenvalue weighted by molar-refractivity contribution is 5.44. The van der Waals surface area contributed by atoms with Crippen molar-refractivity contribution in [3.8, 4) is 5.75 Å². The third-order valence-electron chi connectivity index (χ3n) is 3.93. The van der Waals surface area contributed by atoms with Gasteiger partial charge in [0.25, 0.3) is 0 Å². The van der Waals surface area contributed by atoms with E-state index < -0.39 is 0 Å². The first-order chi connectivity index (χ1) is 9.33. The summed E-state index contributed by atoms with van der Waals surface area (Å²) in [6.45, 7) is 13.4. The van der Waals surface area contributed by atoms with Crippen molar-refractivity contribution in [3.63, 3.8) is 0 Å². The monoisotopic (exact) mass is 276 g/mol. The van der Waals surface area contributed by atoms with Gasteiger partial charge in [-0.2, -0.15) is 0 Å². The maximum atomic E-state index is 10.5. The van der Waals surface area contributed by atoms with E-state index >= 15 is 0 Å². The van der Waals surface area contributed by atoms with Gasteiger partial charge < -0.3 is 5.11 Å². The van der Waals surface area contributed by atoms with Crippen molar-refractivity contribution in [1.29, 1.82) is 0 Å². The molecular weight excluding hydrogens is 244 g/mol. The number of hydrogen-bond acceptors (Lipinski definition) is 1. The van der Waals surface area contributed by atoms with E-state index in [0.717, 1.165) is 29.9 Å². The van der Waals surface area contributed by atoms with Crippen molar-refractivity contribution in [2.45, 2.75) is 67.2 Å². The maximum absolute atomic E-state index is 10.5. The van der Waals surface area contributed by atoms with Gasteiger partial charge in [-0.25, -0.2) is 0 Å². The van der Waals surface area contributed by atoms with Crippen LogP contribution in [0.5, 0.6) is 5.75 Å². The lowest BCUT2D eigenvalue weighted by Crippen LogP contribution is -2.08. The minimum atomic E-state index is 0.548. The number of phenols is 1. The number of aromatic hydroxyl groups is 1. The van der Waals surface area contributed by atoms with Crippen molar-refractivity contribution in [1.82, 2.24) is 0 Å². The molecule has 0 saturated carbocycles. The summed E-state index contributed by atoms with van der Waals surface area (Å²) in [5.74, 6) is 2.52. The van der Waals surface area contributed by atoms with E-state index in [2.05, 4.69) is 53.7 Å². The Morgan fingerprint density at radius 2 is 1.50 bits per heavy atom. The molecule has 0 radical (unpaired) electrons. The first-order valence-corrected chi connectivity index (χ1v) is 8.14. The quantitative estimate of drug-likeness (QED) is 0.695. The molecule has 20 heavy (non-hydrogen) atoms. The average molecular weight is 276 g/mol. The predicted molar refractivity (Wildman–Crippen MR) is 88.3 cm³/mol. The molecule has 0 heterocycles. The van der Waals surface area contributed by atoms with Crippen LogP contribution in [-0.2, 0) is 12.8 Å². The maximum Gasteiger partial charge on any atom is 0.121 e. The van der Waals surface area contributed by atoms with Crippen LogP contribution in [0.3, 0.4) is 0 Å². The molecular formula is C19H32O. The van der Waals surface area contributed by atoms with Crippen LogP contribution in [0.25, 0.3) is 0 Å². The zero-order valence-corrected chi connectivity index (χ0v) is 14.2. The Labute approximate surface area is 125 Å². The van der Waals surface area contributed by atoms with Gasteiger partial charge in [-0.15, -0.1) is 0 Å². The molecule has 1 nitrogen and oxygen atoms in total. The van der Waals surface area contributed by atoms with Crippen LogP contribution in [0.4, 0.5) is 0 Å². The van der Waals surface area contributed by atoms with E-state index in [1.807, 2.05) is 0 Å². The number of hydrogen-bond donors (Lipinski definition) is 1. The fourth-order valence-corrected chi connectivity index (χ4v) is 3.06. The van der Waals surface area contributed by atoms with E-state index in [4.69, 9.17) is 0 Å². The first kappa shape index (κ1) is 17.1. The molecule has 1 atom stereocenters. The standard InChI is InChI=1S/C19H32O/c1-7-16(8-13(2)3)12-18-11-15(6)10-17(19(18)20)9-14(4)5/h10-11,13-14,16,20H,7-9,12H2,1-6H3. The van der Waals surface area contributed by atoms with Crippen molar-refractivity contribution >= 4 is 0 Å². The van der Waals surface area contributed by atoms with E-state index in [0.29, 0.717) is 17.6 Å². The summed E-state index contributed by atoms with van der Waals surface area (Å²) < 4.78 is 0. The molecule has 0 fully saturated rings. The predicted octanol–water partition coefficient (Wildman–Crippen LogP) is 5.51. The number of rotatable bonds is 7. The Morgan fingerprint density at radius 1 is 0.950 bits per heavy atom. The first-order valence-electron chi connectivity index (χ1n) is 8.14. The third-order valence-corrected chi connectivity index (χ3v) is 3.93. The van der Waals surface area contributed by atoms with Gasteiger partial charge in [0, 0.05) is 0 Å². The van der Waals surface area contributed by atoms with Gasteiger partial charge in [0.1, 0.15) is 5.75 Å². The van der Waals surface area contributed by atoms with Gasteiger partial charge in [-0.3, -0.25) is 0 Å². The van der Waals surface area contributed by atoms with Crippen molar-refractivity contribution in [3.05, 3.63) is 28.8 Å². The molecule has 1 rings (SSSR count). The zero-order valence-electron chi connectivity index (χ0n) is 14.2. The second kappa shape index (κ2) is 7.71. The van der Waals surface area contributed by atoms with Crippen molar-refractivity contribution < 1.29 is 5.11 Å². The van der Waals surface area contributed by atoms with Crippen LogP contribution < -0.4 is 0 Å². The molecule has 0 saturated heterocycles. The summed E-state index contributed by atoms with van der Waals surface area (Å²) in [5, 5.41) is 10.5. The number of phenolic OH excluding ortho intramolecular Hbond substituents is 1. The van der Waals surface area contributed by atoms with Gasteiger partial charge >= 0.3 is 0 Å². The van der Waals surface area contributed by atoms with Crippen LogP contribution >= 0.6 is 0 Å². The highest BCUT2D eigenvalue weighted by Gasteiger charge is 2.15. The van der Waals surface area contributed by atoms with Gasteiger partial charge in [0.15, 0.2) is 0 Å². The Kier molecular flexibility index (Phi) is 6.58. The normalized spacial score (nSPS) is 13.2. The van der Waals surface area contributed by atoms with Crippen LogP contribution in [0.15, 0.2) is 12.1 Å². The Hall–Kier alpha value is -0.980. The summed E-state index contributed by atoms with van der Waals surface area (Å²) in [6, 6.07) is 4.31. The minimum Gasteiger partial charge on any atom is -0.507 e. The molecule has 0 aromatic heterocycles. The van der Waals surface area contributed by atoms with E-state index in [9.17, 15) is 5.11 Å². The zero-order chi connectivity index (χ0) is 15.3. The van der Waals surface area contributed by atoms with Crippen molar-refractivity contribution in [2.75, 3.05) is 0 Å². The molecule has 0 aliphatic carbocycles. The molecule has 1 heteroatoms. The topological polar surface area (TPSA) is 20.2 Å². The van der Waals surface area contributed by atoms with Crippen LogP contribution in [0.2, 0.25) is 0 Å². The lowest BCUT2D eigenvalue weighted by Gasteiger charge is -2.20.